The maximum Gasteiger partial charge on any atom is 0.178 e. The number of β-amino-alcohol motifs (C(OH)–C–C–N with tert-alkyl or cyclic N) is 1. The molecule has 1 heterocycles. The number of ketones is 1. The van der Waals surface area contributed by atoms with Crippen molar-refractivity contribution in [3.63, 3.8) is 0 Å². The van der Waals surface area contributed by atoms with Gasteiger partial charge in [-0.3, -0.25) is 4.79 Å². The standard InChI is InChI=1S/C15H15NO2/c17-12-11-16-9-7-14(8-10-16)2-1-13-3-5-15(18)6-4-13/h1-10,17H,11-12H2. The van der Waals surface area contributed by atoms with Crippen LogP contribution in [0.25, 0.3) is 0 Å². The molecule has 3 heteroatoms. The number of carbonyl (C=O) groups excluding carboxylic acids is 1. The van der Waals surface area contributed by atoms with E-state index in [0.29, 0.717) is 6.54 Å². The Hall–Kier alpha value is -2.13. The van der Waals surface area contributed by atoms with Crippen molar-refractivity contribution in [1.29, 1.82) is 0 Å². The second kappa shape index (κ2) is 5.98. The van der Waals surface area contributed by atoms with Crippen LogP contribution < -0.4 is 0 Å². The Morgan fingerprint density at radius 1 is 0.944 bits per heavy atom. The molecule has 0 spiro atoms. The van der Waals surface area contributed by atoms with Crippen molar-refractivity contribution in [2.45, 2.75) is 0 Å². The molecule has 2 aliphatic rings. The zero-order valence-electron chi connectivity index (χ0n) is 9.99. The summed E-state index contributed by atoms with van der Waals surface area (Å²) in [6.07, 6.45) is 18.5. The quantitative estimate of drug-likeness (QED) is 0.820. The fourth-order valence-corrected chi connectivity index (χ4v) is 1.62. The molecule has 1 aliphatic carbocycles. The van der Waals surface area contributed by atoms with Gasteiger partial charge in [0.15, 0.2) is 5.78 Å². The summed E-state index contributed by atoms with van der Waals surface area (Å²) in [7, 11) is 0. The summed E-state index contributed by atoms with van der Waals surface area (Å²) >= 11 is 0. The van der Waals surface area contributed by atoms with Gasteiger partial charge in [-0.1, -0.05) is 24.3 Å². The lowest BCUT2D eigenvalue weighted by molar-refractivity contribution is -0.110. The number of nitrogens with zero attached hydrogens (tertiary/aromatic N) is 1. The van der Waals surface area contributed by atoms with Crippen LogP contribution in [-0.2, 0) is 4.79 Å². The van der Waals surface area contributed by atoms with Gasteiger partial charge in [0, 0.05) is 18.9 Å². The van der Waals surface area contributed by atoms with E-state index in [4.69, 9.17) is 5.11 Å². The maximum absolute atomic E-state index is 10.9. The number of aliphatic hydroxyl groups is 1. The second-order valence-corrected chi connectivity index (χ2v) is 4.00. The molecule has 0 unspecified atom stereocenters. The molecule has 1 N–H and O–H groups in total. The maximum atomic E-state index is 10.9. The molecule has 0 saturated heterocycles. The highest BCUT2D eigenvalue weighted by Crippen LogP contribution is 2.11. The smallest absolute Gasteiger partial charge is 0.178 e. The van der Waals surface area contributed by atoms with E-state index in [1.165, 1.54) is 0 Å². The highest BCUT2D eigenvalue weighted by Gasteiger charge is 1.99. The average molecular weight is 241 g/mol. The summed E-state index contributed by atoms with van der Waals surface area (Å²) in [4.78, 5) is 12.9. The van der Waals surface area contributed by atoms with Gasteiger partial charge in [-0.2, -0.15) is 0 Å². The molecule has 0 atom stereocenters. The fraction of sp³-hybridized carbons (Fsp3) is 0.133. The minimum Gasteiger partial charge on any atom is -0.395 e. The van der Waals surface area contributed by atoms with Gasteiger partial charge in [-0.25, -0.2) is 0 Å². The Balaban J connectivity index is 2.00. The van der Waals surface area contributed by atoms with E-state index < -0.39 is 0 Å². The van der Waals surface area contributed by atoms with E-state index in [0.717, 1.165) is 11.1 Å². The highest BCUT2D eigenvalue weighted by atomic mass is 16.3. The minimum absolute atomic E-state index is 0.0249. The van der Waals surface area contributed by atoms with Crippen molar-refractivity contribution < 1.29 is 9.90 Å². The Labute approximate surface area is 106 Å². The van der Waals surface area contributed by atoms with E-state index in [2.05, 4.69) is 0 Å². The normalized spacial score (nSPS) is 17.6. The third-order valence-corrected chi connectivity index (χ3v) is 2.62. The molecule has 0 aromatic heterocycles. The predicted molar refractivity (Wildman–Crippen MR) is 71.5 cm³/mol. The monoisotopic (exact) mass is 241 g/mol. The highest BCUT2D eigenvalue weighted by molar-refractivity contribution is 6.01. The van der Waals surface area contributed by atoms with Crippen LogP contribution in [0.15, 0.2) is 72.2 Å². The molecule has 0 amide bonds. The fourth-order valence-electron chi connectivity index (χ4n) is 1.62. The van der Waals surface area contributed by atoms with Gasteiger partial charge in [0.1, 0.15) is 0 Å². The van der Waals surface area contributed by atoms with Crippen LogP contribution >= 0.6 is 0 Å². The topological polar surface area (TPSA) is 40.5 Å². The summed E-state index contributed by atoms with van der Waals surface area (Å²) in [6, 6.07) is 0. The molecule has 0 aromatic carbocycles. The molecule has 0 saturated carbocycles. The molecule has 0 bridgehead atoms. The van der Waals surface area contributed by atoms with Crippen LogP contribution in [0, 0.1) is 0 Å². The lowest BCUT2D eigenvalue weighted by atomic mass is 10.1. The molecular weight excluding hydrogens is 226 g/mol. The number of allylic oxidation sites excluding steroid dienone is 10. The molecule has 0 radical (unpaired) electrons. The molecule has 92 valence electrons. The van der Waals surface area contributed by atoms with E-state index in [9.17, 15) is 4.79 Å². The zero-order chi connectivity index (χ0) is 12.8. The summed E-state index contributed by atoms with van der Waals surface area (Å²) in [5.41, 5.74) is 2.08. The summed E-state index contributed by atoms with van der Waals surface area (Å²) in [5.74, 6) is 0.0249. The lowest BCUT2D eigenvalue weighted by Gasteiger charge is -2.16. The Morgan fingerprint density at radius 3 is 2.06 bits per heavy atom. The first kappa shape index (κ1) is 12.3. The van der Waals surface area contributed by atoms with Crippen LogP contribution in [0.4, 0.5) is 0 Å². The van der Waals surface area contributed by atoms with Crippen molar-refractivity contribution in [1.82, 2.24) is 4.90 Å². The first-order valence-corrected chi connectivity index (χ1v) is 5.83. The van der Waals surface area contributed by atoms with Gasteiger partial charge in [0.25, 0.3) is 0 Å². The van der Waals surface area contributed by atoms with Crippen LogP contribution in [-0.4, -0.2) is 28.9 Å². The molecular formula is C15H15NO2. The molecule has 1 aliphatic heterocycles. The average Bonchev–Trinajstić information content (AvgIpc) is 2.40. The van der Waals surface area contributed by atoms with Crippen molar-refractivity contribution in [2.24, 2.45) is 0 Å². The van der Waals surface area contributed by atoms with Crippen LogP contribution in [0.1, 0.15) is 0 Å². The van der Waals surface area contributed by atoms with E-state index in [1.54, 1.807) is 24.3 Å². The zero-order valence-corrected chi connectivity index (χ0v) is 9.99. The number of hydrogen-bond donors (Lipinski definition) is 1. The summed E-state index contributed by atoms with van der Waals surface area (Å²) < 4.78 is 0. The number of carbonyl (C=O) groups is 1. The van der Waals surface area contributed by atoms with Gasteiger partial charge in [0.05, 0.1) is 6.61 Å². The van der Waals surface area contributed by atoms with Gasteiger partial charge in [-0.15, -0.1) is 0 Å². The van der Waals surface area contributed by atoms with Crippen LogP contribution in [0.2, 0.25) is 0 Å². The van der Waals surface area contributed by atoms with Gasteiger partial charge >= 0.3 is 0 Å². The van der Waals surface area contributed by atoms with Gasteiger partial charge in [0.2, 0.25) is 0 Å². The van der Waals surface area contributed by atoms with Gasteiger partial charge in [-0.05, 0) is 35.5 Å². The van der Waals surface area contributed by atoms with Crippen LogP contribution in [0.3, 0.4) is 0 Å². The molecule has 2 rings (SSSR count). The van der Waals surface area contributed by atoms with E-state index in [1.807, 2.05) is 41.6 Å². The largest absolute Gasteiger partial charge is 0.395 e. The summed E-state index contributed by atoms with van der Waals surface area (Å²) in [6.45, 7) is 0.746. The SMILES string of the molecule is O=C1C=CC(=CC=C2C=CN(CCO)C=C2)C=C1. The molecule has 18 heavy (non-hydrogen) atoms. The Morgan fingerprint density at radius 2 is 1.50 bits per heavy atom. The number of hydrogen-bond acceptors (Lipinski definition) is 3. The number of rotatable bonds is 3. The third kappa shape index (κ3) is 3.43. The predicted octanol–water partition coefficient (Wildman–Crippen LogP) is 1.87. The van der Waals surface area contributed by atoms with Gasteiger partial charge < -0.3 is 10.0 Å². The Bertz CT molecular complexity index is 471. The molecule has 0 fully saturated rings. The van der Waals surface area contributed by atoms with Crippen LogP contribution in [0.5, 0.6) is 0 Å². The van der Waals surface area contributed by atoms with E-state index in [-0.39, 0.29) is 12.4 Å². The van der Waals surface area contributed by atoms with Crippen molar-refractivity contribution in [3.8, 4) is 0 Å². The molecule has 3 nitrogen and oxygen atoms in total. The van der Waals surface area contributed by atoms with Crippen molar-refractivity contribution >= 4 is 5.78 Å². The Kier molecular flexibility index (Phi) is 4.10. The first-order valence-electron chi connectivity index (χ1n) is 5.83. The second-order valence-electron chi connectivity index (χ2n) is 4.00. The van der Waals surface area contributed by atoms with E-state index >= 15 is 0 Å². The minimum atomic E-state index is 0.0249. The molecule has 0 aromatic rings. The lowest BCUT2D eigenvalue weighted by Crippen LogP contribution is -2.15. The first-order chi connectivity index (χ1) is 8.78. The van der Waals surface area contributed by atoms with Crippen molar-refractivity contribution in [3.05, 3.63) is 72.2 Å². The summed E-state index contributed by atoms with van der Waals surface area (Å²) in [5, 5.41) is 8.80. The third-order valence-electron chi connectivity index (χ3n) is 2.62. The van der Waals surface area contributed by atoms with Crippen molar-refractivity contribution in [2.75, 3.05) is 13.2 Å². The number of aliphatic hydroxyl groups excluding tert-OH is 1.